The largest absolute Gasteiger partial charge is 0.352 e. The van der Waals surface area contributed by atoms with E-state index >= 15 is 0 Å². The second-order valence-electron chi connectivity index (χ2n) is 5.02. The first-order valence-electron chi connectivity index (χ1n) is 7.05. The summed E-state index contributed by atoms with van der Waals surface area (Å²) >= 11 is 5.55. The van der Waals surface area contributed by atoms with Crippen molar-refractivity contribution in [2.24, 2.45) is 0 Å². The molecule has 0 aliphatic carbocycles. The van der Waals surface area contributed by atoms with Gasteiger partial charge < -0.3 is 10.6 Å². The van der Waals surface area contributed by atoms with E-state index < -0.39 is 0 Å². The molecule has 0 aliphatic rings. The Morgan fingerprint density at radius 1 is 1.13 bits per heavy atom. The van der Waals surface area contributed by atoms with Crippen molar-refractivity contribution in [1.82, 2.24) is 5.32 Å². The summed E-state index contributed by atoms with van der Waals surface area (Å²) < 4.78 is 2.04. The molecule has 2 rings (SSSR count). The zero-order valence-electron chi connectivity index (χ0n) is 12.5. The molecule has 0 saturated carbocycles. The highest BCUT2D eigenvalue weighted by Crippen LogP contribution is 2.17. The summed E-state index contributed by atoms with van der Waals surface area (Å²) in [6.07, 6.45) is 0.230. The van der Waals surface area contributed by atoms with Crippen LogP contribution in [0, 0.1) is 10.5 Å². The normalized spacial score (nSPS) is 10.2. The zero-order chi connectivity index (χ0) is 16.8. The van der Waals surface area contributed by atoms with Crippen molar-refractivity contribution in [2.45, 2.75) is 13.3 Å². The molecule has 2 aromatic carbocycles. The lowest BCUT2D eigenvalue weighted by Crippen LogP contribution is -2.27. The standard InChI is InChI=1S/C17H16BrIN2O2/c1-11-10-14(19)6-7-15(11)21-16(22)8-9-20-17(23)12-2-4-13(18)5-3-12/h2-7,10H,8-9H2,1H3,(H,20,23)(H,21,22). The minimum atomic E-state index is -0.184. The highest BCUT2D eigenvalue weighted by molar-refractivity contribution is 14.1. The first-order chi connectivity index (χ1) is 11.0. The third kappa shape index (κ3) is 5.62. The molecule has 2 amide bonds. The van der Waals surface area contributed by atoms with Crippen molar-refractivity contribution in [3.8, 4) is 0 Å². The van der Waals surface area contributed by atoms with E-state index in [-0.39, 0.29) is 18.2 Å². The zero-order valence-corrected chi connectivity index (χ0v) is 16.3. The average Bonchev–Trinajstić information content (AvgIpc) is 2.50. The van der Waals surface area contributed by atoms with Gasteiger partial charge in [-0.25, -0.2) is 0 Å². The quantitative estimate of drug-likeness (QED) is 0.624. The van der Waals surface area contributed by atoms with E-state index in [1.54, 1.807) is 24.3 Å². The van der Waals surface area contributed by atoms with E-state index in [2.05, 4.69) is 49.2 Å². The smallest absolute Gasteiger partial charge is 0.251 e. The Morgan fingerprint density at radius 2 is 1.83 bits per heavy atom. The summed E-state index contributed by atoms with van der Waals surface area (Å²) in [5, 5.41) is 5.60. The minimum absolute atomic E-state index is 0.120. The van der Waals surface area contributed by atoms with Gasteiger partial charge in [-0.3, -0.25) is 9.59 Å². The molecule has 120 valence electrons. The molecule has 0 bridgehead atoms. The predicted octanol–water partition coefficient (Wildman–Crippen LogP) is 4.12. The van der Waals surface area contributed by atoms with E-state index in [1.807, 2.05) is 25.1 Å². The van der Waals surface area contributed by atoms with E-state index in [1.165, 1.54) is 0 Å². The molecule has 0 atom stereocenters. The van der Waals surface area contributed by atoms with Crippen LogP contribution >= 0.6 is 38.5 Å². The van der Waals surface area contributed by atoms with E-state index in [0.717, 1.165) is 19.3 Å². The Balaban J connectivity index is 1.80. The van der Waals surface area contributed by atoms with Gasteiger partial charge >= 0.3 is 0 Å². The monoisotopic (exact) mass is 486 g/mol. The summed E-state index contributed by atoms with van der Waals surface area (Å²) in [5.74, 6) is -0.304. The highest BCUT2D eigenvalue weighted by atomic mass is 127. The third-order valence-electron chi connectivity index (χ3n) is 3.21. The van der Waals surface area contributed by atoms with Crippen molar-refractivity contribution in [3.63, 3.8) is 0 Å². The number of anilines is 1. The summed E-state index contributed by atoms with van der Waals surface area (Å²) in [4.78, 5) is 23.9. The van der Waals surface area contributed by atoms with Crippen molar-refractivity contribution < 1.29 is 9.59 Å². The second-order valence-corrected chi connectivity index (χ2v) is 7.18. The van der Waals surface area contributed by atoms with Crippen LogP contribution in [0.15, 0.2) is 46.9 Å². The van der Waals surface area contributed by atoms with Crippen LogP contribution in [0.2, 0.25) is 0 Å². The summed E-state index contributed by atoms with van der Waals surface area (Å²) in [6.45, 7) is 2.25. The fraction of sp³-hybridized carbons (Fsp3) is 0.176. The molecule has 0 radical (unpaired) electrons. The van der Waals surface area contributed by atoms with Crippen LogP contribution in [0.1, 0.15) is 22.3 Å². The fourth-order valence-electron chi connectivity index (χ4n) is 1.97. The number of nitrogens with one attached hydrogen (secondary N) is 2. The molecule has 6 heteroatoms. The van der Waals surface area contributed by atoms with Crippen LogP contribution < -0.4 is 10.6 Å². The molecule has 0 unspecified atom stereocenters. The molecule has 2 aromatic rings. The van der Waals surface area contributed by atoms with Crippen LogP contribution in [0.4, 0.5) is 5.69 Å². The second kappa shape index (κ2) is 8.44. The number of benzene rings is 2. The number of carbonyl (C=O) groups is 2. The van der Waals surface area contributed by atoms with Crippen LogP contribution in [0.25, 0.3) is 0 Å². The Kier molecular flexibility index (Phi) is 6.59. The number of rotatable bonds is 5. The molecule has 23 heavy (non-hydrogen) atoms. The summed E-state index contributed by atoms with van der Waals surface area (Å²) in [7, 11) is 0. The molecule has 2 N–H and O–H groups in total. The Bertz CT molecular complexity index is 717. The molecule has 0 aliphatic heterocycles. The average molecular weight is 487 g/mol. The van der Waals surface area contributed by atoms with Gasteiger partial charge in [0, 0.05) is 32.3 Å². The lowest BCUT2D eigenvalue weighted by molar-refractivity contribution is -0.116. The molecule has 4 nitrogen and oxygen atoms in total. The molecule has 0 heterocycles. The van der Waals surface area contributed by atoms with E-state index in [9.17, 15) is 9.59 Å². The number of hydrogen-bond acceptors (Lipinski definition) is 2. The number of carbonyl (C=O) groups excluding carboxylic acids is 2. The van der Waals surface area contributed by atoms with Crippen molar-refractivity contribution in [2.75, 3.05) is 11.9 Å². The van der Waals surface area contributed by atoms with E-state index in [0.29, 0.717) is 12.1 Å². The van der Waals surface area contributed by atoms with Crippen molar-refractivity contribution >= 4 is 56.0 Å². The van der Waals surface area contributed by atoms with Gasteiger partial charge in [-0.1, -0.05) is 15.9 Å². The molecule has 0 spiro atoms. The first-order valence-corrected chi connectivity index (χ1v) is 8.92. The summed E-state index contributed by atoms with van der Waals surface area (Å²) in [6, 6.07) is 12.9. The van der Waals surface area contributed by atoms with Gasteiger partial charge in [-0.15, -0.1) is 0 Å². The maximum absolute atomic E-state index is 11.9. The van der Waals surface area contributed by atoms with Crippen molar-refractivity contribution in [1.29, 1.82) is 0 Å². The number of halogens is 2. The maximum Gasteiger partial charge on any atom is 0.251 e. The SMILES string of the molecule is Cc1cc(I)ccc1NC(=O)CCNC(=O)c1ccc(Br)cc1. The molecule has 0 saturated heterocycles. The van der Waals surface area contributed by atoms with Gasteiger partial charge in [0.1, 0.15) is 0 Å². The molecular formula is C17H16BrIN2O2. The third-order valence-corrected chi connectivity index (χ3v) is 4.41. The van der Waals surface area contributed by atoms with Gasteiger partial charge in [-0.2, -0.15) is 0 Å². The Hall–Kier alpha value is -1.41. The highest BCUT2D eigenvalue weighted by Gasteiger charge is 2.08. The first kappa shape index (κ1) is 17.9. The predicted molar refractivity (Wildman–Crippen MR) is 104 cm³/mol. The van der Waals surface area contributed by atoms with Crippen LogP contribution in [-0.2, 0) is 4.79 Å². The number of aryl methyl sites for hydroxylation is 1. The number of hydrogen-bond donors (Lipinski definition) is 2. The van der Waals surface area contributed by atoms with Gasteiger partial charge in [0.15, 0.2) is 0 Å². The van der Waals surface area contributed by atoms with Gasteiger partial charge in [0.2, 0.25) is 5.91 Å². The minimum Gasteiger partial charge on any atom is -0.352 e. The lowest BCUT2D eigenvalue weighted by Gasteiger charge is -2.09. The van der Waals surface area contributed by atoms with Gasteiger partial charge in [0.25, 0.3) is 5.91 Å². The summed E-state index contributed by atoms with van der Waals surface area (Å²) in [5.41, 5.74) is 2.39. The van der Waals surface area contributed by atoms with Crippen LogP contribution in [0.5, 0.6) is 0 Å². The topological polar surface area (TPSA) is 58.2 Å². The Morgan fingerprint density at radius 3 is 2.48 bits per heavy atom. The van der Waals surface area contributed by atoms with Gasteiger partial charge in [0.05, 0.1) is 0 Å². The molecule has 0 fully saturated rings. The molecule has 0 aromatic heterocycles. The van der Waals surface area contributed by atoms with Crippen molar-refractivity contribution in [3.05, 3.63) is 61.6 Å². The fourth-order valence-corrected chi connectivity index (χ4v) is 2.88. The Labute approximate surface area is 157 Å². The van der Waals surface area contributed by atoms with Crippen LogP contribution in [-0.4, -0.2) is 18.4 Å². The molecular weight excluding hydrogens is 471 g/mol. The van der Waals surface area contributed by atoms with E-state index in [4.69, 9.17) is 0 Å². The maximum atomic E-state index is 11.9. The van der Waals surface area contributed by atoms with Gasteiger partial charge in [-0.05, 0) is 77.5 Å². The lowest BCUT2D eigenvalue weighted by atomic mass is 10.2. The van der Waals surface area contributed by atoms with Crippen LogP contribution in [0.3, 0.4) is 0 Å². The number of amides is 2.